The summed E-state index contributed by atoms with van der Waals surface area (Å²) in [6, 6.07) is 16.0. The molecule has 5 rings (SSSR count). The predicted molar refractivity (Wildman–Crippen MR) is 143 cm³/mol. The van der Waals surface area contributed by atoms with Gasteiger partial charge in [-0.05, 0) is 77.6 Å². The van der Waals surface area contributed by atoms with Crippen LogP contribution in [0.5, 0.6) is 5.75 Å². The lowest BCUT2D eigenvalue weighted by atomic mass is 9.97. The van der Waals surface area contributed by atoms with Crippen LogP contribution in [0, 0.1) is 36.1 Å². The van der Waals surface area contributed by atoms with E-state index in [0.29, 0.717) is 23.6 Å². The molecular weight excluding hydrogens is 526 g/mol. The van der Waals surface area contributed by atoms with Gasteiger partial charge in [0.25, 0.3) is 0 Å². The van der Waals surface area contributed by atoms with Gasteiger partial charge in [-0.2, -0.15) is 8.78 Å². The van der Waals surface area contributed by atoms with Gasteiger partial charge in [0.2, 0.25) is 0 Å². The lowest BCUT2D eigenvalue weighted by Gasteiger charge is -2.20. The highest BCUT2D eigenvalue weighted by Crippen LogP contribution is 2.38. The fraction of sp³-hybridized carbons (Fsp3) is 0.273. The number of ether oxygens (including phenoxy) is 1. The summed E-state index contributed by atoms with van der Waals surface area (Å²) >= 11 is 0. The van der Waals surface area contributed by atoms with Crippen LogP contribution in [0.2, 0.25) is 0 Å². The van der Waals surface area contributed by atoms with E-state index >= 15 is 0 Å². The molecule has 0 aliphatic heterocycles. The molecule has 1 unspecified atom stereocenters. The van der Waals surface area contributed by atoms with Crippen molar-refractivity contribution < 1.29 is 31.1 Å². The average Bonchev–Trinajstić information content (AvgIpc) is 3.32. The Hall–Kier alpha value is -3.74. The minimum atomic E-state index is -4.52. The molecule has 7 heteroatoms. The molecule has 4 aromatic rings. The van der Waals surface area contributed by atoms with Gasteiger partial charge in [-0.25, -0.2) is 17.6 Å². The number of halogens is 6. The predicted octanol–water partition coefficient (Wildman–Crippen LogP) is 9.92. The number of unbranched alkanes of at least 4 members (excludes halogenated alkanes) is 1. The van der Waals surface area contributed by atoms with E-state index in [9.17, 15) is 26.3 Å². The summed E-state index contributed by atoms with van der Waals surface area (Å²) < 4.78 is 91.0. The molecule has 0 heterocycles. The highest BCUT2D eigenvalue weighted by atomic mass is 19.3. The molecule has 0 saturated carbocycles. The Balaban J connectivity index is 1.36. The monoisotopic (exact) mass is 554 g/mol. The van der Waals surface area contributed by atoms with E-state index < -0.39 is 46.3 Å². The van der Waals surface area contributed by atoms with Crippen LogP contribution in [0.4, 0.5) is 26.3 Å². The van der Waals surface area contributed by atoms with E-state index in [-0.39, 0.29) is 5.56 Å². The number of fused-ring (bicyclic) bond motifs is 1. The number of alkyl halides is 2. The van der Waals surface area contributed by atoms with Crippen LogP contribution >= 0.6 is 0 Å². The van der Waals surface area contributed by atoms with Crippen LogP contribution in [0.1, 0.15) is 48.4 Å². The number of hydrogen-bond donors (Lipinski definition) is 0. The largest absolute Gasteiger partial charge is 0.432 e. The molecular formula is C33H28F6O. The summed E-state index contributed by atoms with van der Waals surface area (Å²) in [7, 11) is 0. The first-order valence-electron chi connectivity index (χ1n) is 13.3. The zero-order chi connectivity index (χ0) is 28.6. The maximum Gasteiger partial charge on any atom is 0.432 e. The molecule has 0 fully saturated rings. The Morgan fingerprint density at radius 1 is 0.700 bits per heavy atom. The van der Waals surface area contributed by atoms with E-state index in [1.54, 1.807) is 12.1 Å². The third kappa shape index (κ3) is 5.60. The van der Waals surface area contributed by atoms with Crippen molar-refractivity contribution in [1.82, 2.24) is 0 Å². The van der Waals surface area contributed by atoms with E-state index in [1.165, 1.54) is 30.4 Å². The number of rotatable bonds is 8. The molecule has 0 radical (unpaired) electrons. The highest BCUT2D eigenvalue weighted by Gasteiger charge is 2.41. The normalized spacial score (nSPS) is 14.8. The lowest BCUT2D eigenvalue weighted by molar-refractivity contribution is -0.189. The van der Waals surface area contributed by atoms with E-state index in [4.69, 9.17) is 0 Å². The molecule has 1 atom stereocenters. The molecule has 208 valence electrons. The van der Waals surface area contributed by atoms with Gasteiger partial charge in [-0.3, -0.25) is 0 Å². The smallest absolute Gasteiger partial charge is 0.429 e. The van der Waals surface area contributed by atoms with Crippen molar-refractivity contribution in [3.05, 3.63) is 112 Å². The van der Waals surface area contributed by atoms with Gasteiger partial charge in [0.1, 0.15) is 34.6 Å². The molecule has 1 nitrogen and oxygen atoms in total. The Kier molecular flexibility index (Phi) is 7.67. The van der Waals surface area contributed by atoms with Gasteiger partial charge in [0, 0.05) is 17.7 Å². The fourth-order valence-electron chi connectivity index (χ4n) is 5.34. The molecule has 1 aliphatic carbocycles. The fourth-order valence-corrected chi connectivity index (χ4v) is 5.34. The van der Waals surface area contributed by atoms with E-state index in [1.807, 2.05) is 12.1 Å². The van der Waals surface area contributed by atoms with Crippen LogP contribution in [0.15, 0.2) is 66.7 Å². The maximum atomic E-state index is 14.9. The molecule has 0 aromatic heterocycles. The summed E-state index contributed by atoms with van der Waals surface area (Å²) in [6.45, 7) is 3.32. The molecule has 40 heavy (non-hydrogen) atoms. The van der Waals surface area contributed by atoms with Gasteiger partial charge in [-0.15, -0.1) is 0 Å². The summed E-state index contributed by atoms with van der Waals surface area (Å²) in [5.41, 5.74) is 3.14. The van der Waals surface area contributed by atoms with Gasteiger partial charge in [0.05, 0.1) is 0 Å². The van der Waals surface area contributed by atoms with Gasteiger partial charge < -0.3 is 4.74 Å². The van der Waals surface area contributed by atoms with Crippen LogP contribution < -0.4 is 4.74 Å². The number of hydrogen-bond acceptors (Lipinski definition) is 1. The lowest BCUT2D eigenvalue weighted by Crippen LogP contribution is -2.25. The first-order valence-corrected chi connectivity index (χ1v) is 13.3. The van der Waals surface area contributed by atoms with Crippen LogP contribution in [-0.2, 0) is 19.0 Å². The average molecular weight is 555 g/mol. The van der Waals surface area contributed by atoms with Crippen molar-refractivity contribution in [1.29, 1.82) is 0 Å². The quantitative estimate of drug-likeness (QED) is 0.197. The Morgan fingerprint density at radius 3 is 1.85 bits per heavy atom. The molecule has 0 spiro atoms. The minimum Gasteiger partial charge on any atom is -0.429 e. The molecule has 0 amide bonds. The molecule has 4 aromatic carbocycles. The second kappa shape index (κ2) is 11.0. The van der Waals surface area contributed by atoms with Crippen LogP contribution in [0.3, 0.4) is 0 Å². The van der Waals surface area contributed by atoms with Crippen molar-refractivity contribution in [3.63, 3.8) is 0 Å². The first-order chi connectivity index (χ1) is 19.1. The highest BCUT2D eigenvalue weighted by molar-refractivity contribution is 5.71. The Labute approximate surface area is 229 Å². The minimum absolute atomic E-state index is 0.0567. The van der Waals surface area contributed by atoms with Crippen LogP contribution in [0.25, 0.3) is 22.3 Å². The van der Waals surface area contributed by atoms with Crippen LogP contribution in [-0.4, -0.2) is 0 Å². The summed E-state index contributed by atoms with van der Waals surface area (Å²) in [5.74, 6) is -5.56. The summed E-state index contributed by atoms with van der Waals surface area (Å²) in [5, 5.41) is 0. The molecule has 0 bridgehead atoms. The number of benzene rings is 4. The van der Waals surface area contributed by atoms with Crippen molar-refractivity contribution >= 4 is 0 Å². The van der Waals surface area contributed by atoms with Crippen molar-refractivity contribution in [2.75, 3.05) is 0 Å². The summed E-state index contributed by atoms with van der Waals surface area (Å²) in [6.07, 6.45) is 1.29. The maximum absolute atomic E-state index is 14.9. The topological polar surface area (TPSA) is 9.23 Å². The Bertz CT molecular complexity index is 1500. The molecule has 1 aliphatic rings. The molecule has 0 saturated heterocycles. The van der Waals surface area contributed by atoms with E-state index in [0.717, 1.165) is 43.0 Å². The SMILES string of the molecule is CCCCC1Cc2ccc(-c3ccc(-c4cc(F)c(C(F)(F)Oc5cc(F)c(C)c(F)c5)c(F)c4)cc3)cc2C1. The zero-order valence-electron chi connectivity index (χ0n) is 22.1. The molecule has 0 N–H and O–H groups in total. The zero-order valence-corrected chi connectivity index (χ0v) is 22.1. The Morgan fingerprint density at radius 2 is 1.25 bits per heavy atom. The standard InChI is InChI=1S/C33H28F6O/c1-3-4-5-20-12-23-10-11-24(14-25(23)13-20)21-6-8-22(9-7-21)26-15-30(36)32(31(37)16-26)33(38,39)40-27-17-28(34)19(2)29(35)18-27/h6-11,14-18,20H,3-5,12-13H2,1-2H3. The van der Waals surface area contributed by atoms with Crippen molar-refractivity contribution in [3.8, 4) is 28.0 Å². The second-order valence-electron chi connectivity index (χ2n) is 10.4. The third-order valence-corrected chi connectivity index (χ3v) is 7.57. The third-order valence-electron chi connectivity index (χ3n) is 7.57. The van der Waals surface area contributed by atoms with Crippen molar-refractivity contribution in [2.24, 2.45) is 5.92 Å². The van der Waals surface area contributed by atoms with Crippen molar-refractivity contribution in [2.45, 2.75) is 52.1 Å². The summed E-state index contributed by atoms with van der Waals surface area (Å²) in [4.78, 5) is 0. The van der Waals surface area contributed by atoms with Gasteiger partial charge in [0.15, 0.2) is 0 Å². The second-order valence-corrected chi connectivity index (χ2v) is 10.4. The van der Waals surface area contributed by atoms with Gasteiger partial charge in [-0.1, -0.05) is 62.2 Å². The van der Waals surface area contributed by atoms with Gasteiger partial charge >= 0.3 is 6.11 Å². The first kappa shape index (κ1) is 27.8. The van der Waals surface area contributed by atoms with E-state index in [2.05, 4.69) is 29.9 Å².